The Morgan fingerprint density at radius 3 is 2.12 bits per heavy atom. The van der Waals surface area contributed by atoms with Gasteiger partial charge in [0.1, 0.15) is 17.4 Å². The molecule has 1 aromatic heterocycles. The van der Waals surface area contributed by atoms with Crippen molar-refractivity contribution in [3.05, 3.63) is 71.5 Å². The highest BCUT2D eigenvalue weighted by Gasteiger charge is 2.31. The summed E-state index contributed by atoms with van der Waals surface area (Å²) >= 11 is 0. The lowest BCUT2D eigenvalue weighted by Crippen LogP contribution is -2.50. The second-order valence-electron chi connectivity index (χ2n) is 17.2. The highest BCUT2D eigenvalue weighted by Crippen LogP contribution is 2.31. The Morgan fingerprint density at radius 2 is 1.50 bits per heavy atom. The van der Waals surface area contributed by atoms with Crippen LogP contribution in [0.4, 0.5) is 21.2 Å². The molecule has 0 spiro atoms. The van der Waals surface area contributed by atoms with Gasteiger partial charge in [0.25, 0.3) is 0 Å². The number of carbonyl (C=O) groups is 3. The molecule has 1 aliphatic carbocycles. The molecule has 2 fully saturated rings. The van der Waals surface area contributed by atoms with Gasteiger partial charge in [0, 0.05) is 56.4 Å². The molecule has 2 aliphatic rings. The summed E-state index contributed by atoms with van der Waals surface area (Å²) in [7, 11) is 0. The van der Waals surface area contributed by atoms with Gasteiger partial charge in [0.15, 0.2) is 0 Å². The first-order chi connectivity index (χ1) is 26.4. The lowest BCUT2D eigenvalue weighted by atomic mass is 9.81. The fraction of sp³-hybridized carbons (Fsp3) is 0.558. The van der Waals surface area contributed by atoms with E-state index in [-0.39, 0.29) is 17.9 Å². The maximum absolute atomic E-state index is 13.9. The van der Waals surface area contributed by atoms with E-state index in [0.29, 0.717) is 56.7 Å². The normalized spacial score (nSPS) is 18.8. The number of anilines is 2. The van der Waals surface area contributed by atoms with E-state index in [1.807, 2.05) is 97.9 Å². The van der Waals surface area contributed by atoms with Crippen LogP contribution in [0.5, 0.6) is 0 Å². The van der Waals surface area contributed by atoms with E-state index in [0.717, 1.165) is 53.5 Å². The molecule has 2 aromatic carbocycles. The molecule has 1 saturated heterocycles. The topological polar surface area (TPSA) is 158 Å². The Morgan fingerprint density at radius 1 is 0.839 bits per heavy atom. The molecule has 4 N–H and O–H groups in total. The van der Waals surface area contributed by atoms with E-state index in [1.165, 1.54) is 0 Å². The van der Waals surface area contributed by atoms with E-state index in [4.69, 9.17) is 9.47 Å². The van der Waals surface area contributed by atoms with E-state index >= 15 is 0 Å². The molecule has 5 rings (SSSR count). The monoisotopic (exact) mass is 771 g/mol. The molecule has 2 unspecified atom stereocenters. The van der Waals surface area contributed by atoms with Crippen molar-refractivity contribution >= 4 is 29.7 Å². The number of alkyl carbamates (subject to hydrolysis) is 1. The second kappa shape index (κ2) is 18.5. The molecule has 0 radical (unpaired) electrons. The number of aryl methyl sites for hydroxylation is 2. The maximum atomic E-state index is 13.9. The van der Waals surface area contributed by atoms with Gasteiger partial charge in [-0.3, -0.25) is 10.1 Å². The summed E-state index contributed by atoms with van der Waals surface area (Å²) < 4.78 is 10.9. The Hall–Kier alpha value is -4.75. The van der Waals surface area contributed by atoms with E-state index < -0.39 is 29.6 Å². The zero-order chi connectivity index (χ0) is 40.6. The van der Waals surface area contributed by atoms with Crippen LogP contribution in [0.3, 0.4) is 0 Å². The minimum atomic E-state index is -0.889. The number of hydrogen-bond acceptors (Lipinski definition) is 10. The lowest BCUT2D eigenvalue weighted by molar-refractivity contribution is -0.119. The number of benzene rings is 2. The van der Waals surface area contributed by atoms with Gasteiger partial charge in [-0.15, -0.1) is 0 Å². The summed E-state index contributed by atoms with van der Waals surface area (Å²) in [6.07, 6.45) is 5.57. The number of carbonyl (C=O) groups excluding carboxylic acids is 3. The fourth-order valence-electron chi connectivity index (χ4n) is 7.03. The molecule has 13 heteroatoms. The van der Waals surface area contributed by atoms with Crippen LogP contribution in [-0.4, -0.2) is 94.3 Å². The Labute approximate surface area is 332 Å². The van der Waals surface area contributed by atoms with Crippen LogP contribution in [0.2, 0.25) is 0 Å². The number of aliphatic hydroxyl groups is 1. The predicted octanol–water partition coefficient (Wildman–Crippen LogP) is 6.61. The molecule has 304 valence electrons. The van der Waals surface area contributed by atoms with E-state index in [9.17, 15) is 19.5 Å². The van der Waals surface area contributed by atoms with Gasteiger partial charge < -0.3 is 35.0 Å². The quantitative estimate of drug-likeness (QED) is 0.157. The van der Waals surface area contributed by atoms with Gasteiger partial charge in [0.05, 0.1) is 6.04 Å². The SMILES string of the molecule is Cc1ccc(NC(=O)C(Cc2cccc(-c3cnc(N4CCN(C(=O)OC(C)(C)C)CC4)nc3)c2)NC(O)C2CCC(CNC(=O)OC(C)(C)C)CC2)cc1C. The van der Waals surface area contributed by atoms with Crippen molar-refractivity contribution in [1.29, 1.82) is 0 Å². The van der Waals surface area contributed by atoms with Gasteiger partial charge in [-0.2, -0.15) is 0 Å². The maximum Gasteiger partial charge on any atom is 0.410 e. The molecular weight excluding hydrogens is 711 g/mol. The van der Waals surface area contributed by atoms with Crippen molar-refractivity contribution in [2.24, 2.45) is 11.8 Å². The van der Waals surface area contributed by atoms with Gasteiger partial charge in [0.2, 0.25) is 11.9 Å². The standard InChI is InChI=1S/C43H61N7O6/c1-28-12-17-35(22-29(28)2)47-38(52)36(48-37(51)32-15-13-30(14-16-32)25-46-40(53)55-42(3,4)5)24-31-10-9-11-33(23-31)34-26-44-39(45-27-34)49-18-20-50(21-19-49)41(54)56-43(6,7)8/h9-12,17,22-23,26-27,30,32,36-37,48,51H,13-16,18-21,24-25H2,1-8H3,(H,46,53)(H,47,52). The van der Waals surface area contributed by atoms with Crippen molar-refractivity contribution < 1.29 is 29.0 Å². The van der Waals surface area contributed by atoms with E-state index in [1.54, 1.807) is 17.3 Å². The largest absolute Gasteiger partial charge is 0.444 e. The minimum Gasteiger partial charge on any atom is -0.444 e. The summed E-state index contributed by atoms with van der Waals surface area (Å²) in [6.45, 7) is 17.9. The smallest absolute Gasteiger partial charge is 0.410 e. The van der Waals surface area contributed by atoms with Gasteiger partial charge in [-0.1, -0.05) is 30.3 Å². The Bertz CT molecular complexity index is 1790. The van der Waals surface area contributed by atoms with Gasteiger partial charge in [-0.25, -0.2) is 19.6 Å². The number of ether oxygens (including phenoxy) is 2. The molecular formula is C43H61N7O6. The molecule has 0 bridgehead atoms. The van der Waals surface area contributed by atoms with Crippen LogP contribution >= 0.6 is 0 Å². The number of rotatable bonds is 11. The minimum absolute atomic E-state index is 0.0352. The number of amides is 3. The van der Waals surface area contributed by atoms with Crippen molar-refractivity contribution in [1.82, 2.24) is 25.5 Å². The van der Waals surface area contributed by atoms with Crippen LogP contribution < -0.4 is 20.9 Å². The number of hydrogen-bond donors (Lipinski definition) is 4. The number of piperazine rings is 1. The van der Waals surface area contributed by atoms with Crippen LogP contribution in [0.25, 0.3) is 11.1 Å². The Balaban J connectivity index is 1.22. The molecule has 2 atom stereocenters. The highest BCUT2D eigenvalue weighted by molar-refractivity contribution is 5.95. The molecule has 2 heterocycles. The number of nitrogens with zero attached hydrogens (tertiary/aromatic N) is 4. The lowest BCUT2D eigenvalue weighted by Gasteiger charge is -2.35. The summed E-state index contributed by atoms with van der Waals surface area (Å²) in [5.41, 5.74) is 4.50. The summed E-state index contributed by atoms with van der Waals surface area (Å²) in [5, 5.41) is 20.7. The van der Waals surface area contributed by atoms with Crippen LogP contribution in [0, 0.1) is 25.7 Å². The van der Waals surface area contributed by atoms with E-state index in [2.05, 4.69) is 30.8 Å². The molecule has 1 aliphatic heterocycles. The molecule has 3 amide bonds. The fourth-order valence-corrected chi connectivity index (χ4v) is 7.03. The third-order valence-electron chi connectivity index (χ3n) is 10.3. The molecule has 1 saturated carbocycles. The number of aliphatic hydroxyl groups excluding tert-OH is 1. The molecule has 3 aromatic rings. The third kappa shape index (κ3) is 12.6. The number of aromatic nitrogens is 2. The average Bonchev–Trinajstić information content (AvgIpc) is 3.14. The zero-order valence-electron chi connectivity index (χ0n) is 34.4. The zero-order valence-corrected chi connectivity index (χ0v) is 34.4. The van der Waals surface area contributed by atoms with Crippen molar-refractivity contribution in [3.63, 3.8) is 0 Å². The summed E-state index contributed by atoms with van der Waals surface area (Å²) in [4.78, 5) is 51.7. The number of nitrogens with one attached hydrogen (secondary N) is 3. The molecule has 56 heavy (non-hydrogen) atoms. The summed E-state index contributed by atoms with van der Waals surface area (Å²) in [6, 6.07) is 13.1. The average molecular weight is 772 g/mol. The van der Waals surface area contributed by atoms with Crippen LogP contribution in [0.1, 0.15) is 83.9 Å². The van der Waals surface area contributed by atoms with Crippen molar-refractivity contribution in [2.45, 2.75) is 111 Å². The summed E-state index contributed by atoms with van der Waals surface area (Å²) in [5.74, 6) is 0.632. The van der Waals surface area contributed by atoms with Crippen molar-refractivity contribution in [2.75, 3.05) is 42.9 Å². The Kier molecular flexibility index (Phi) is 14.0. The molecule has 13 nitrogen and oxygen atoms in total. The first kappa shape index (κ1) is 42.4. The second-order valence-corrected chi connectivity index (χ2v) is 17.2. The first-order valence-electron chi connectivity index (χ1n) is 19.9. The van der Waals surface area contributed by atoms with Crippen LogP contribution in [-0.2, 0) is 20.7 Å². The predicted molar refractivity (Wildman–Crippen MR) is 218 cm³/mol. The van der Waals surface area contributed by atoms with Gasteiger partial charge in [-0.05, 0) is 134 Å². The third-order valence-corrected chi connectivity index (χ3v) is 10.3. The van der Waals surface area contributed by atoms with Crippen molar-refractivity contribution in [3.8, 4) is 11.1 Å². The first-order valence-corrected chi connectivity index (χ1v) is 19.9. The van der Waals surface area contributed by atoms with Gasteiger partial charge >= 0.3 is 12.2 Å². The van der Waals surface area contributed by atoms with Crippen LogP contribution in [0.15, 0.2) is 54.9 Å². The highest BCUT2D eigenvalue weighted by atomic mass is 16.6.